The van der Waals surface area contributed by atoms with E-state index in [1.807, 2.05) is 6.20 Å². The van der Waals surface area contributed by atoms with E-state index in [1.54, 1.807) is 0 Å². The first kappa shape index (κ1) is 12.1. The van der Waals surface area contributed by atoms with Gasteiger partial charge in [0.15, 0.2) is 0 Å². The molecular weight excluding hydrogens is 222 g/mol. The third-order valence-corrected chi connectivity index (χ3v) is 4.42. The molecule has 2 aliphatic rings. The highest BCUT2D eigenvalue weighted by Gasteiger charge is 2.26. The van der Waals surface area contributed by atoms with E-state index in [0.717, 1.165) is 12.5 Å². The van der Waals surface area contributed by atoms with Crippen molar-refractivity contribution in [3.05, 3.63) is 29.1 Å². The van der Waals surface area contributed by atoms with Gasteiger partial charge in [-0.2, -0.15) is 0 Å². The molecule has 18 heavy (non-hydrogen) atoms. The standard InChI is InChI=1S/C15H23N3/c1-12-9-13-10-14(3-4-15(13)16-11-12)18-7-5-17(2)6-8-18/h9,11,14H,3-8,10H2,1-2H3. The maximum atomic E-state index is 4.58. The Labute approximate surface area is 110 Å². The largest absolute Gasteiger partial charge is 0.304 e. The average Bonchev–Trinajstić information content (AvgIpc) is 2.38. The Balaban J connectivity index is 1.70. The van der Waals surface area contributed by atoms with Crippen LogP contribution in [-0.4, -0.2) is 54.1 Å². The summed E-state index contributed by atoms with van der Waals surface area (Å²) in [6, 6.07) is 3.08. The molecule has 3 nitrogen and oxygen atoms in total. The summed E-state index contributed by atoms with van der Waals surface area (Å²) in [6.45, 7) is 7.04. The van der Waals surface area contributed by atoms with Crippen LogP contribution in [0.25, 0.3) is 0 Å². The van der Waals surface area contributed by atoms with Gasteiger partial charge in [-0.1, -0.05) is 6.07 Å². The van der Waals surface area contributed by atoms with Crippen LogP contribution in [0.15, 0.2) is 12.3 Å². The fraction of sp³-hybridized carbons (Fsp3) is 0.667. The van der Waals surface area contributed by atoms with Gasteiger partial charge in [0, 0.05) is 44.1 Å². The third kappa shape index (κ3) is 2.43. The maximum absolute atomic E-state index is 4.58. The van der Waals surface area contributed by atoms with Gasteiger partial charge in [-0.05, 0) is 44.4 Å². The average molecular weight is 245 g/mol. The van der Waals surface area contributed by atoms with E-state index >= 15 is 0 Å². The molecule has 1 aliphatic heterocycles. The van der Waals surface area contributed by atoms with E-state index in [4.69, 9.17) is 0 Å². The van der Waals surface area contributed by atoms with Crippen LogP contribution in [0.2, 0.25) is 0 Å². The van der Waals surface area contributed by atoms with Crippen LogP contribution in [-0.2, 0) is 12.8 Å². The number of fused-ring (bicyclic) bond motifs is 1. The first-order chi connectivity index (χ1) is 8.72. The normalized spacial score (nSPS) is 26.0. The first-order valence-electron chi connectivity index (χ1n) is 7.09. The lowest BCUT2D eigenvalue weighted by molar-refractivity contribution is 0.103. The monoisotopic (exact) mass is 245 g/mol. The van der Waals surface area contributed by atoms with E-state index in [1.165, 1.54) is 55.8 Å². The smallest absolute Gasteiger partial charge is 0.0436 e. The van der Waals surface area contributed by atoms with Crippen LogP contribution < -0.4 is 0 Å². The first-order valence-corrected chi connectivity index (χ1v) is 7.09. The lowest BCUT2D eigenvalue weighted by atomic mass is 9.90. The fourth-order valence-corrected chi connectivity index (χ4v) is 3.22. The van der Waals surface area contributed by atoms with E-state index < -0.39 is 0 Å². The van der Waals surface area contributed by atoms with Gasteiger partial charge in [-0.3, -0.25) is 9.88 Å². The highest BCUT2D eigenvalue weighted by molar-refractivity contribution is 5.28. The summed E-state index contributed by atoms with van der Waals surface area (Å²) in [7, 11) is 2.22. The van der Waals surface area contributed by atoms with E-state index in [2.05, 4.69) is 34.8 Å². The Morgan fingerprint density at radius 1 is 1.22 bits per heavy atom. The van der Waals surface area contributed by atoms with Gasteiger partial charge in [-0.15, -0.1) is 0 Å². The molecule has 0 N–H and O–H groups in total. The number of likely N-dealkylation sites (N-methyl/N-ethyl adjacent to an activating group) is 1. The van der Waals surface area contributed by atoms with Crippen molar-refractivity contribution in [3.63, 3.8) is 0 Å². The summed E-state index contributed by atoms with van der Waals surface area (Å²) in [4.78, 5) is 9.70. The number of aromatic nitrogens is 1. The number of aryl methyl sites for hydroxylation is 2. The van der Waals surface area contributed by atoms with Crippen LogP contribution in [0.1, 0.15) is 23.2 Å². The SMILES string of the molecule is Cc1cnc2c(c1)CC(N1CCN(C)CC1)CC2. The molecule has 1 fully saturated rings. The number of rotatable bonds is 1. The molecule has 2 heterocycles. The highest BCUT2D eigenvalue weighted by atomic mass is 15.3. The molecule has 98 valence electrons. The molecule has 1 unspecified atom stereocenters. The predicted octanol–water partition coefficient (Wildman–Crippen LogP) is 1.49. The zero-order valence-electron chi connectivity index (χ0n) is 11.5. The van der Waals surface area contributed by atoms with Crippen molar-refractivity contribution < 1.29 is 0 Å². The lowest BCUT2D eigenvalue weighted by Gasteiger charge is -2.39. The molecule has 0 spiro atoms. The highest BCUT2D eigenvalue weighted by Crippen LogP contribution is 2.24. The van der Waals surface area contributed by atoms with Crippen molar-refractivity contribution in [2.75, 3.05) is 33.2 Å². The number of pyridine rings is 1. The molecule has 3 rings (SSSR count). The van der Waals surface area contributed by atoms with Crippen LogP contribution in [0.3, 0.4) is 0 Å². The van der Waals surface area contributed by atoms with Crippen molar-refractivity contribution in [1.82, 2.24) is 14.8 Å². The van der Waals surface area contributed by atoms with E-state index in [-0.39, 0.29) is 0 Å². The topological polar surface area (TPSA) is 19.4 Å². The molecule has 1 aromatic heterocycles. The van der Waals surface area contributed by atoms with Gasteiger partial charge in [0.2, 0.25) is 0 Å². The second kappa shape index (κ2) is 4.98. The predicted molar refractivity (Wildman–Crippen MR) is 73.9 cm³/mol. The summed E-state index contributed by atoms with van der Waals surface area (Å²) >= 11 is 0. The molecular formula is C15H23N3. The Hall–Kier alpha value is -0.930. The molecule has 0 saturated carbocycles. The molecule has 0 bridgehead atoms. The van der Waals surface area contributed by atoms with Gasteiger partial charge >= 0.3 is 0 Å². The van der Waals surface area contributed by atoms with Crippen LogP contribution in [0, 0.1) is 6.92 Å². The molecule has 0 amide bonds. The van der Waals surface area contributed by atoms with Gasteiger partial charge in [0.05, 0.1) is 0 Å². The van der Waals surface area contributed by atoms with Crippen molar-refractivity contribution in [3.8, 4) is 0 Å². The summed E-state index contributed by atoms with van der Waals surface area (Å²) < 4.78 is 0. The van der Waals surface area contributed by atoms with Crippen LogP contribution in [0.5, 0.6) is 0 Å². The fourth-order valence-electron chi connectivity index (χ4n) is 3.22. The second-order valence-corrected chi connectivity index (χ2v) is 5.85. The maximum Gasteiger partial charge on any atom is 0.0436 e. The van der Waals surface area contributed by atoms with Crippen molar-refractivity contribution >= 4 is 0 Å². The number of nitrogens with zero attached hydrogens (tertiary/aromatic N) is 3. The van der Waals surface area contributed by atoms with Gasteiger partial charge < -0.3 is 4.90 Å². The molecule has 1 aliphatic carbocycles. The van der Waals surface area contributed by atoms with Gasteiger partial charge in [0.25, 0.3) is 0 Å². The van der Waals surface area contributed by atoms with Gasteiger partial charge in [-0.25, -0.2) is 0 Å². The Morgan fingerprint density at radius 2 is 2.00 bits per heavy atom. The zero-order valence-corrected chi connectivity index (χ0v) is 11.5. The summed E-state index contributed by atoms with van der Waals surface area (Å²) in [5, 5.41) is 0. The number of hydrogen-bond donors (Lipinski definition) is 0. The molecule has 1 aromatic rings. The quantitative estimate of drug-likeness (QED) is 0.747. The molecule has 3 heteroatoms. The van der Waals surface area contributed by atoms with Crippen molar-refractivity contribution in [2.45, 2.75) is 32.2 Å². The zero-order chi connectivity index (χ0) is 12.5. The Morgan fingerprint density at radius 3 is 2.78 bits per heavy atom. The van der Waals surface area contributed by atoms with Crippen LogP contribution >= 0.6 is 0 Å². The molecule has 1 saturated heterocycles. The van der Waals surface area contributed by atoms with Gasteiger partial charge in [0.1, 0.15) is 0 Å². The second-order valence-electron chi connectivity index (χ2n) is 5.85. The summed E-state index contributed by atoms with van der Waals surface area (Å²) in [6.07, 6.45) is 5.65. The van der Waals surface area contributed by atoms with Crippen molar-refractivity contribution in [1.29, 1.82) is 0 Å². The minimum atomic E-state index is 0.745. The Bertz CT molecular complexity index is 422. The van der Waals surface area contributed by atoms with E-state index in [0.29, 0.717) is 0 Å². The summed E-state index contributed by atoms with van der Waals surface area (Å²) in [5.41, 5.74) is 4.13. The van der Waals surface area contributed by atoms with E-state index in [9.17, 15) is 0 Å². The van der Waals surface area contributed by atoms with Crippen molar-refractivity contribution in [2.24, 2.45) is 0 Å². The number of hydrogen-bond acceptors (Lipinski definition) is 3. The van der Waals surface area contributed by atoms with Crippen LogP contribution in [0.4, 0.5) is 0 Å². The number of piperazine rings is 1. The third-order valence-electron chi connectivity index (χ3n) is 4.42. The summed E-state index contributed by atoms with van der Waals surface area (Å²) in [5.74, 6) is 0. The lowest BCUT2D eigenvalue weighted by Crippen LogP contribution is -2.50. The minimum Gasteiger partial charge on any atom is -0.304 e. The molecule has 0 radical (unpaired) electrons. The minimum absolute atomic E-state index is 0.745. The Kier molecular flexibility index (Phi) is 3.35. The molecule has 0 aromatic carbocycles. The molecule has 1 atom stereocenters.